The maximum absolute atomic E-state index is 12.8. The molecule has 1 fully saturated rings. The van der Waals surface area contributed by atoms with Crippen molar-refractivity contribution < 1.29 is 13.6 Å². The number of likely N-dealkylation sites (N-methyl/N-ethyl adjacent to an activating group) is 1. The predicted molar refractivity (Wildman–Crippen MR) is 112 cm³/mol. The van der Waals surface area contributed by atoms with Gasteiger partial charge in [-0.05, 0) is 31.0 Å². The monoisotopic (exact) mass is 442 g/mol. The average Bonchev–Trinajstić information content (AvgIpc) is 3.35. The maximum Gasteiger partial charge on any atom is 0.258 e. The zero-order chi connectivity index (χ0) is 22.4. The number of nitrogen functional groups attached to an aromatic ring is 1. The highest BCUT2D eigenvalue weighted by atomic mass is 19.3. The standard InChI is InChI=1S/C19H20F2N10O/c1-29-7-2-3-13(18(29)32)24-19-25-16(22)15-10(6-8-30(15)27-19)11-4-5-12-17(23-11)31(28-26-12)9-14(20)21/h4-6,8,13-14H,2-3,7,9H2,1H3,(H3,22,24,25,27)/t13-/m1/s1. The molecule has 32 heavy (non-hydrogen) atoms. The third kappa shape index (κ3) is 3.44. The van der Waals surface area contributed by atoms with Crippen LogP contribution in [-0.2, 0) is 11.3 Å². The number of hydrogen-bond acceptors (Lipinski definition) is 8. The molecule has 1 aliphatic rings. The number of pyridine rings is 1. The molecule has 0 spiro atoms. The van der Waals surface area contributed by atoms with Crippen molar-refractivity contribution in [3.63, 3.8) is 0 Å². The fourth-order valence-corrected chi connectivity index (χ4v) is 3.90. The number of anilines is 2. The normalized spacial score (nSPS) is 17.1. The van der Waals surface area contributed by atoms with Crippen LogP contribution in [0.25, 0.3) is 27.9 Å². The van der Waals surface area contributed by atoms with Crippen LogP contribution in [0.1, 0.15) is 12.8 Å². The summed E-state index contributed by atoms with van der Waals surface area (Å²) < 4.78 is 28.3. The smallest absolute Gasteiger partial charge is 0.258 e. The molecule has 0 bridgehead atoms. The Morgan fingerprint density at radius 2 is 2.12 bits per heavy atom. The molecule has 0 aromatic carbocycles. The molecule has 1 aliphatic heterocycles. The number of fused-ring (bicyclic) bond motifs is 2. The van der Waals surface area contributed by atoms with Crippen molar-refractivity contribution in [3.8, 4) is 11.3 Å². The van der Waals surface area contributed by atoms with Gasteiger partial charge in [0.25, 0.3) is 6.43 Å². The van der Waals surface area contributed by atoms with Crippen LogP contribution in [0.5, 0.6) is 0 Å². The lowest BCUT2D eigenvalue weighted by molar-refractivity contribution is -0.132. The molecule has 5 rings (SSSR count). The predicted octanol–water partition coefficient (Wildman–Crippen LogP) is 1.42. The van der Waals surface area contributed by atoms with Crippen molar-refractivity contribution >= 4 is 34.4 Å². The van der Waals surface area contributed by atoms with Gasteiger partial charge in [-0.1, -0.05) is 5.21 Å². The van der Waals surface area contributed by atoms with Crippen molar-refractivity contribution in [3.05, 3.63) is 24.4 Å². The van der Waals surface area contributed by atoms with Gasteiger partial charge >= 0.3 is 0 Å². The van der Waals surface area contributed by atoms with E-state index in [4.69, 9.17) is 5.73 Å². The fraction of sp³-hybridized carbons (Fsp3) is 0.368. The lowest BCUT2D eigenvalue weighted by Crippen LogP contribution is -2.45. The number of nitrogens with one attached hydrogen (secondary N) is 1. The molecular weight excluding hydrogens is 422 g/mol. The number of hydrogen-bond donors (Lipinski definition) is 2. The largest absolute Gasteiger partial charge is 0.382 e. The second-order valence-corrected chi connectivity index (χ2v) is 7.64. The summed E-state index contributed by atoms with van der Waals surface area (Å²) in [5.74, 6) is 0.423. The summed E-state index contributed by atoms with van der Waals surface area (Å²) in [6.45, 7) is 0.127. The lowest BCUT2D eigenvalue weighted by atomic mass is 10.1. The molecule has 0 aliphatic carbocycles. The first-order valence-electron chi connectivity index (χ1n) is 10.1. The fourth-order valence-electron chi connectivity index (χ4n) is 3.90. The second kappa shape index (κ2) is 7.66. The average molecular weight is 442 g/mol. The molecule has 4 aromatic heterocycles. The number of carbonyl (C=O) groups is 1. The van der Waals surface area contributed by atoms with Crippen LogP contribution in [-0.4, -0.2) is 71.4 Å². The van der Waals surface area contributed by atoms with Crippen LogP contribution in [0.4, 0.5) is 20.5 Å². The zero-order valence-electron chi connectivity index (χ0n) is 17.1. The number of nitrogens with zero attached hydrogens (tertiary/aromatic N) is 8. The Morgan fingerprint density at radius 1 is 1.28 bits per heavy atom. The molecule has 1 saturated heterocycles. The molecule has 11 nitrogen and oxygen atoms in total. The summed E-state index contributed by atoms with van der Waals surface area (Å²) in [6.07, 6.45) is 0.692. The van der Waals surface area contributed by atoms with Gasteiger partial charge in [0.15, 0.2) is 11.5 Å². The van der Waals surface area contributed by atoms with E-state index in [1.807, 2.05) is 0 Å². The van der Waals surface area contributed by atoms with E-state index in [1.165, 1.54) is 0 Å². The number of piperidine rings is 1. The first-order valence-corrected chi connectivity index (χ1v) is 10.1. The summed E-state index contributed by atoms with van der Waals surface area (Å²) in [7, 11) is 1.76. The van der Waals surface area contributed by atoms with Crippen molar-refractivity contribution in [2.24, 2.45) is 0 Å². The summed E-state index contributed by atoms with van der Waals surface area (Å²) in [5, 5.41) is 15.1. The van der Waals surface area contributed by atoms with Gasteiger partial charge in [-0.15, -0.1) is 10.2 Å². The van der Waals surface area contributed by atoms with Crippen molar-refractivity contribution in [2.75, 3.05) is 24.6 Å². The minimum atomic E-state index is -2.58. The van der Waals surface area contributed by atoms with Crippen LogP contribution in [0.3, 0.4) is 0 Å². The highest BCUT2D eigenvalue weighted by Crippen LogP contribution is 2.29. The Hall–Kier alpha value is -3.90. The van der Waals surface area contributed by atoms with E-state index < -0.39 is 19.0 Å². The number of aromatic nitrogens is 7. The first-order chi connectivity index (χ1) is 15.4. The third-order valence-electron chi connectivity index (χ3n) is 5.45. The number of alkyl halides is 2. The number of likely N-dealkylation sites (tertiary alicyclic amines) is 1. The zero-order valence-corrected chi connectivity index (χ0v) is 17.1. The Morgan fingerprint density at radius 3 is 2.94 bits per heavy atom. The Bertz CT molecular complexity index is 1320. The molecule has 1 atom stereocenters. The molecule has 13 heteroatoms. The highest BCUT2D eigenvalue weighted by Gasteiger charge is 2.27. The second-order valence-electron chi connectivity index (χ2n) is 7.64. The molecule has 166 valence electrons. The van der Waals surface area contributed by atoms with Gasteiger partial charge < -0.3 is 16.0 Å². The molecule has 0 radical (unpaired) electrons. The van der Waals surface area contributed by atoms with E-state index in [0.29, 0.717) is 28.7 Å². The van der Waals surface area contributed by atoms with Gasteiger partial charge in [-0.25, -0.2) is 23.0 Å². The molecule has 5 heterocycles. The number of rotatable bonds is 5. The number of amides is 1. The Kier molecular flexibility index (Phi) is 4.79. The molecule has 0 saturated carbocycles. The van der Waals surface area contributed by atoms with Gasteiger partial charge in [-0.2, -0.15) is 4.98 Å². The van der Waals surface area contributed by atoms with Crippen molar-refractivity contribution in [1.29, 1.82) is 0 Å². The summed E-state index contributed by atoms with van der Waals surface area (Å²) in [6, 6.07) is 4.72. The molecule has 4 aromatic rings. The van der Waals surface area contributed by atoms with Gasteiger partial charge in [0, 0.05) is 25.4 Å². The minimum absolute atomic E-state index is 0.0155. The van der Waals surface area contributed by atoms with Crippen molar-refractivity contribution in [1.82, 2.24) is 39.5 Å². The summed E-state index contributed by atoms with van der Waals surface area (Å²) in [4.78, 5) is 22.8. The minimum Gasteiger partial charge on any atom is -0.382 e. The van der Waals surface area contributed by atoms with E-state index >= 15 is 0 Å². The van der Waals surface area contributed by atoms with E-state index in [-0.39, 0.29) is 23.3 Å². The van der Waals surface area contributed by atoms with Crippen LogP contribution < -0.4 is 11.1 Å². The maximum atomic E-state index is 12.8. The van der Waals surface area contributed by atoms with E-state index in [2.05, 4.69) is 30.7 Å². The van der Waals surface area contributed by atoms with Crippen LogP contribution in [0.15, 0.2) is 24.4 Å². The quantitative estimate of drug-likeness (QED) is 0.474. The van der Waals surface area contributed by atoms with Gasteiger partial charge in [0.2, 0.25) is 11.9 Å². The Labute approximate surface area is 180 Å². The molecule has 0 unspecified atom stereocenters. The number of carbonyl (C=O) groups excluding carboxylic acids is 1. The molecule has 3 N–H and O–H groups in total. The van der Waals surface area contributed by atoms with Crippen LogP contribution >= 0.6 is 0 Å². The molecule has 1 amide bonds. The van der Waals surface area contributed by atoms with Crippen molar-refractivity contribution in [2.45, 2.75) is 31.9 Å². The summed E-state index contributed by atoms with van der Waals surface area (Å²) in [5.41, 5.74) is 8.54. The lowest BCUT2D eigenvalue weighted by Gasteiger charge is -2.29. The van der Waals surface area contributed by atoms with Gasteiger partial charge in [0.1, 0.15) is 23.6 Å². The topological polar surface area (TPSA) is 132 Å². The third-order valence-corrected chi connectivity index (χ3v) is 5.45. The van der Waals surface area contributed by atoms with Crippen LogP contribution in [0.2, 0.25) is 0 Å². The first kappa shape index (κ1) is 20.0. The SMILES string of the molecule is CN1CCC[C@@H](Nc2nc(N)c3c(-c4ccc5nnn(CC(F)F)c5n4)ccn3n2)C1=O. The number of halogens is 2. The summed E-state index contributed by atoms with van der Waals surface area (Å²) >= 11 is 0. The molecular formula is C19H20F2N10O. The Balaban J connectivity index is 1.50. The highest BCUT2D eigenvalue weighted by molar-refractivity contribution is 5.89. The van der Waals surface area contributed by atoms with Gasteiger partial charge in [0.05, 0.1) is 5.69 Å². The van der Waals surface area contributed by atoms with Gasteiger partial charge in [-0.3, -0.25) is 4.79 Å². The van der Waals surface area contributed by atoms with E-state index in [0.717, 1.165) is 17.6 Å². The van der Waals surface area contributed by atoms with Crippen LogP contribution in [0, 0.1) is 0 Å². The number of nitrogens with two attached hydrogens (primary N) is 1. The van der Waals surface area contributed by atoms with E-state index in [9.17, 15) is 13.6 Å². The van der Waals surface area contributed by atoms with E-state index in [1.54, 1.807) is 40.9 Å².